The Balaban J connectivity index is 1.69. The van der Waals surface area contributed by atoms with Crippen LogP contribution in [0, 0.1) is 5.92 Å². The predicted octanol–water partition coefficient (Wildman–Crippen LogP) is 3.28. The van der Waals surface area contributed by atoms with E-state index in [2.05, 4.69) is 11.0 Å². The molecule has 0 spiro atoms. The summed E-state index contributed by atoms with van der Waals surface area (Å²) in [6.07, 6.45) is 1.30. The summed E-state index contributed by atoms with van der Waals surface area (Å²) in [5.74, 6) is 0.0429. The maximum atomic E-state index is 12.9. The minimum absolute atomic E-state index is 0.125. The molecular weight excluding hydrogens is 384 g/mol. The van der Waals surface area contributed by atoms with Crippen LogP contribution in [0.5, 0.6) is 11.5 Å². The lowest BCUT2D eigenvalue weighted by Crippen LogP contribution is -2.36. The maximum absolute atomic E-state index is 12.9. The lowest BCUT2D eigenvalue weighted by Gasteiger charge is -2.32. The molecule has 1 fully saturated rings. The highest BCUT2D eigenvalue weighted by molar-refractivity contribution is 5.95. The van der Waals surface area contributed by atoms with Crippen LogP contribution in [0.4, 0.5) is 5.69 Å². The van der Waals surface area contributed by atoms with E-state index in [1.165, 1.54) is 0 Å². The van der Waals surface area contributed by atoms with Gasteiger partial charge in [-0.3, -0.25) is 9.59 Å². The number of amides is 1. The molecule has 0 atom stereocenters. The summed E-state index contributed by atoms with van der Waals surface area (Å²) in [7, 11) is 4.87. The van der Waals surface area contributed by atoms with Crippen LogP contribution < -0.4 is 14.4 Å². The van der Waals surface area contributed by atoms with E-state index >= 15 is 0 Å². The van der Waals surface area contributed by atoms with Gasteiger partial charge in [0.25, 0.3) is 5.91 Å². The van der Waals surface area contributed by atoms with Crippen molar-refractivity contribution in [2.75, 3.05) is 39.3 Å². The highest BCUT2D eigenvalue weighted by atomic mass is 16.5. The molecule has 1 N–H and O–H groups in total. The average molecular weight is 412 g/mol. The first-order valence-corrected chi connectivity index (χ1v) is 9.96. The Hall–Kier alpha value is -3.22. The highest BCUT2D eigenvalue weighted by Crippen LogP contribution is 2.26. The summed E-state index contributed by atoms with van der Waals surface area (Å²) in [4.78, 5) is 27.9. The van der Waals surface area contributed by atoms with Gasteiger partial charge in [0.15, 0.2) is 0 Å². The normalized spacial score (nSPS) is 14.3. The molecule has 1 aliphatic heterocycles. The van der Waals surface area contributed by atoms with E-state index in [-0.39, 0.29) is 11.8 Å². The molecule has 1 saturated heterocycles. The standard InChI is InChI=1S/C23H28N2O5/c1-24(22(26)18-12-20(29-2)14-21(13-18)30-3)15-16-5-4-6-19(11-16)25-9-7-17(8-10-25)23(27)28/h4-6,11-14,17H,7-10,15H2,1-3H3,(H,27,28). The van der Waals surface area contributed by atoms with Crippen molar-refractivity contribution in [3.05, 3.63) is 53.6 Å². The third kappa shape index (κ3) is 5.03. The third-order valence-corrected chi connectivity index (χ3v) is 5.48. The second kappa shape index (κ2) is 9.52. The summed E-state index contributed by atoms with van der Waals surface area (Å²) >= 11 is 0. The molecular formula is C23H28N2O5. The van der Waals surface area contributed by atoms with Gasteiger partial charge in [-0.1, -0.05) is 12.1 Å². The van der Waals surface area contributed by atoms with Crippen LogP contribution in [0.15, 0.2) is 42.5 Å². The number of carbonyl (C=O) groups is 2. The van der Waals surface area contributed by atoms with Crippen LogP contribution >= 0.6 is 0 Å². The van der Waals surface area contributed by atoms with Crippen molar-refractivity contribution in [2.45, 2.75) is 19.4 Å². The fraction of sp³-hybridized carbons (Fsp3) is 0.391. The van der Waals surface area contributed by atoms with Crippen LogP contribution in [-0.2, 0) is 11.3 Å². The van der Waals surface area contributed by atoms with E-state index in [9.17, 15) is 14.7 Å². The largest absolute Gasteiger partial charge is 0.497 e. The summed E-state index contributed by atoms with van der Waals surface area (Å²) in [6.45, 7) is 1.90. The zero-order chi connectivity index (χ0) is 21.7. The topological polar surface area (TPSA) is 79.3 Å². The Labute approximate surface area is 176 Å². The SMILES string of the molecule is COc1cc(OC)cc(C(=O)N(C)Cc2cccc(N3CCC(C(=O)O)CC3)c2)c1. The molecule has 1 aliphatic rings. The second-order valence-electron chi connectivity index (χ2n) is 7.53. The minimum Gasteiger partial charge on any atom is -0.497 e. The van der Waals surface area contributed by atoms with E-state index in [1.807, 2.05) is 18.2 Å². The summed E-state index contributed by atoms with van der Waals surface area (Å²) in [6, 6.07) is 13.2. The van der Waals surface area contributed by atoms with Crippen molar-refractivity contribution in [2.24, 2.45) is 5.92 Å². The lowest BCUT2D eigenvalue weighted by atomic mass is 9.96. The molecule has 0 saturated carbocycles. The van der Waals surface area contributed by atoms with Gasteiger partial charge in [-0.2, -0.15) is 0 Å². The number of rotatable bonds is 7. The van der Waals surface area contributed by atoms with Crippen LogP contribution in [0.3, 0.4) is 0 Å². The Morgan fingerprint density at radius 3 is 2.27 bits per heavy atom. The number of nitrogens with zero attached hydrogens (tertiary/aromatic N) is 2. The molecule has 1 amide bonds. The number of piperidine rings is 1. The number of carbonyl (C=O) groups excluding carboxylic acids is 1. The monoisotopic (exact) mass is 412 g/mol. The number of carboxylic acids is 1. The number of anilines is 1. The molecule has 1 heterocycles. The van der Waals surface area contributed by atoms with Crippen molar-refractivity contribution in [1.82, 2.24) is 4.90 Å². The van der Waals surface area contributed by atoms with E-state index in [0.717, 1.165) is 24.3 Å². The number of benzene rings is 2. The summed E-state index contributed by atoms with van der Waals surface area (Å²) < 4.78 is 10.5. The lowest BCUT2D eigenvalue weighted by molar-refractivity contribution is -0.142. The van der Waals surface area contributed by atoms with Gasteiger partial charge in [0, 0.05) is 44.0 Å². The van der Waals surface area contributed by atoms with Gasteiger partial charge in [-0.25, -0.2) is 0 Å². The van der Waals surface area contributed by atoms with Gasteiger partial charge >= 0.3 is 5.97 Å². The summed E-state index contributed by atoms with van der Waals surface area (Å²) in [5.41, 5.74) is 2.57. The molecule has 7 nitrogen and oxygen atoms in total. The predicted molar refractivity (Wildman–Crippen MR) is 114 cm³/mol. The van der Waals surface area contributed by atoms with Gasteiger partial charge < -0.3 is 24.4 Å². The molecule has 2 aromatic rings. The number of hydrogen-bond acceptors (Lipinski definition) is 5. The van der Waals surface area contributed by atoms with Crippen LogP contribution in [-0.4, -0.2) is 56.2 Å². The smallest absolute Gasteiger partial charge is 0.306 e. The summed E-state index contributed by atoms with van der Waals surface area (Å²) in [5, 5.41) is 9.18. The zero-order valence-electron chi connectivity index (χ0n) is 17.6. The first kappa shape index (κ1) is 21.5. The Kier molecular flexibility index (Phi) is 6.82. The van der Waals surface area contributed by atoms with E-state index < -0.39 is 5.97 Å². The number of ether oxygens (including phenoxy) is 2. The highest BCUT2D eigenvalue weighted by Gasteiger charge is 2.24. The molecule has 0 unspecified atom stereocenters. The van der Waals surface area contributed by atoms with Crippen molar-refractivity contribution in [3.8, 4) is 11.5 Å². The second-order valence-corrected chi connectivity index (χ2v) is 7.53. The molecule has 3 rings (SSSR count). The van der Waals surface area contributed by atoms with Crippen LogP contribution in [0.25, 0.3) is 0 Å². The Morgan fingerprint density at radius 2 is 1.70 bits per heavy atom. The number of carboxylic acid groups (broad SMARTS) is 1. The molecule has 0 radical (unpaired) electrons. The molecule has 160 valence electrons. The molecule has 7 heteroatoms. The zero-order valence-corrected chi connectivity index (χ0v) is 17.6. The van der Waals surface area contributed by atoms with Gasteiger partial charge in [-0.15, -0.1) is 0 Å². The Bertz CT molecular complexity index is 884. The van der Waals surface area contributed by atoms with E-state index in [0.29, 0.717) is 36.4 Å². The number of hydrogen-bond donors (Lipinski definition) is 1. The molecule has 30 heavy (non-hydrogen) atoms. The van der Waals surface area contributed by atoms with Crippen molar-refractivity contribution in [1.29, 1.82) is 0 Å². The minimum atomic E-state index is -0.710. The Morgan fingerprint density at radius 1 is 1.07 bits per heavy atom. The van der Waals surface area contributed by atoms with Crippen molar-refractivity contribution in [3.63, 3.8) is 0 Å². The van der Waals surface area contributed by atoms with Crippen molar-refractivity contribution < 1.29 is 24.2 Å². The molecule has 2 aromatic carbocycles. The average Bonchev–Trinajstić information content (AvgIpc) is 2.78. The number of aliphatic carboxylic acids is 1. The number of methoxy groups -OCH3 is 2. The van der Waals surface area contributed by atoms with Crippen molar-refractivity contribution >= 4 is 17.6 Å². The van der Waals surface area contributed by atoms with Crippen LogP contribution in [0.1, 0.15) is 28.8 Å². The first-order valence-electron chi connectivity index (χ1n) is 9.96. The van der Waals surface area contributed by atoms with E-state index in [1.54, 1.807) is 44.4 Å². The van der Waals surface area contributed by atoms with Gasteiger partial charge in [0.2, 0.25) is 0 Å². The maximum Gasteiger partial charge on any atom is 0.306 e. The first-order chi connectivity index (χ1) is 14.4. The van der Waals surface area contributed by atoms with Gasteiger partial charge in [0.1, 0.15) is 11.5 Å². The molecule has 0 aliphatic carbocycles. The third-order valence-electron chi connectivity index (χ3n) is 5.48. The van der Waals surface area contributed by atoms with Crippen LogP contribution in [0.2, 0.25) is 0 Å². The van der Waals surface area contributed by atoms with E-state index in [4.69, 9.17) is 9.47 Å². The fourth-order valence-corrected chi connectivity index (χ4v) is 3.73. The van der Waals surface area contributed by atoms with Gasteiger partial charge in [0.05, 0.1) is 20.1 Å². The fourth-order valence-electron chi connectivity index (χ4n) is 3.73. The van der Waals surface area contributed by atoms with Gasteiger partial charge in [-0.05, 0) is 42.7 Å². The quantitative estimate of drug-likeness (QED) is 0.752. The molecule has 0 bridgehead atoms. The molecule has 0 aromatic heterocycles.